The minimum atomic E-state index is 0.715. The van der Waals surface area contributed by atoms with Crippen molar-refractivity contribution in [3.8, 4) is 0 Å². The first-order valence-electron chi connectivity index (χ1n) is 2.69. The maximum atomic E-state index is 5.33. The molecule has 0 saturated heterocycles. The molecule has 2 N–H and O–H groups in total. The van der Waals surface area contributed by atoms with Gasteiger partial charge in [0, 0.05) is 6.54 Å². The average Bonchev–Trinajstić information content (AvgIpc) is 1.72. The molecule has 0 aliphatic carbocycles. The largest absolute Gasteiger partial charge is 0.327 e. The van der Waals surface area contributed by atoms with Crippen LogP contribution in [0.4, 0.5) is 0 Å². The lowest BCUT2D eigenvalue weighted by Crippen LogP contribution is -2.00. The third kappa shape index (κ3) is 2.40. The summed E-state index contributed by atoms with van der Waals surface area (Å²) in [6.07, 6.45) is 3.16. The highest BCUT2D eigenvalue weighted by atomic mass is 14.5. The van der Waals surface area contributed by atoms with Gasteiger partial charge in [-0.2, -0.15) is 0 Å². The van der Waals surface area contributed by atoms with Gasteiger partial charge in [0.1, 0.15) is 0 Å². The first kappa shape index (κ1) is 6.70. The third-order valence-electron chi connectivity index (χ3n) is 1.12. The van der Waals surface area contributed by atoms with Gasteiger partial charge in [0.05, 0.1) is 0 Å². The second kappa shape index (κ2) is 3.88. The predicted octanol–water partition coefficient (Wildman–Crippen LogP) is 1.30. The van der Waals surface area contributed by atoms with Crippen LogP contribution in [0.2, 0.25) is 0 Å². The van der Waals surface area contributed by atoms with Crippen LogP contribution >= 0.6 is 0 Å². The minimum Gasteiger partial charge on any atom is -0.327 e. The average molecular weight is 99.2 g/mol. The fourth-order valence-corrected chi connectivity index (χ4v) is 0.466. The van der Waals surface area contributed by atoms with Crippen LogP contribution in [0.15, 0.2) is 11.6 Å². The van der Waals surface area contributed by atoms with Gasteiger partial charge in [-0.25, -0.2) is 0 Å². The number of hydrogen-bond donors (Lipinski definition) is 1. The summed E-state index contributed by atoms with van der Waals surface area (Å²) in [5, 5.41) is 0. The van der Waals surface area contributed by atoms with E-state index < -0.39 is 0 Å². The molecular formula is C6H13N. The molecule has 0 aromatic carbocycles. The Morgan fingerprint density at radius 3 is 2.29 bits per heavy atom. The van der Waals surface area contributed by atoms with Gasteiger partial charge in [0.15, 0.2) is 0 Å². The number of allylic oxidation sites excluding steroid dienone is 1. The van der Waals surface area contributed by atoms with Gasteiger partial charge < -0.3 is 5.73 Å². The quantitative estimate of drug-likeness (QED) is 0.519. The molecule has 0 fully saturated rings. The van der Waals surface area contributed by atoms with Gasteiger partial charge >= 0.3 is 0 Å². The van der Waals surface area contributed by atoms with Crippen molar-refractivity contribution in [1.82, 2.24) is 0 Å². The van der Waals surface area contributed by atoms with Crippen molar-refractivity contribution in [2.75, 3.05) is 6.54 Å². The van der Waals surface area contributed by atoms with Crippen molar-refractivity contribution in [1.29, 1.82) is 0 Å². The highest BCUT2D eigenvalue weighted by molar-refractivity contribution is 4.99. The molecule has 0 heterocycles. The normalized spacial score (nSPS) is 12.1. The van der Waals surface area contributed by atoms with E-state index in [1.54, 1.807) is 0 Å². The minimum absolute atomic E-state index is 0.715. The number of hydrogen-bond acceptors (Lipinski definition) is 1. The van der Waals surface area contributed by atoms with Crippen molar-refractivity contribution in [3.63, 3.8) is 0 Å². The Morgan fingerprint density at radius 2 is 2.29 bits per heavy atom. The Labute approximate surface area is 45.2 Å². The van der Waals surface area contributed by atoms with E-state index >= 15 is 0 Å². The highest BCUT2D eigenvalue weighted by Gasteiger charge is 1.82. The number of rotatable bonds is 2. The van der Waals surface area contributed by atoms with E-state index in [1.165, 1.54) is 5.57 Å². The molecule has 0 aromatic rings. The zero-order valence-electron chi connectivity index (χ0n) is 5.07. The molecule has 0 spiro atoms. The van der Waals surface area contributed by atoms with Gasteiger partial charge in [-0.1, -0.05) is 18.6 Å². The summed E-state index contributed by atoms with van der Waals surface area (Å²) in [5.74, 6) is 0. The fourth-order valence-electron chi connectivity index (χ4n) is 0.466. The van der Waals surface area contributed by atoms with Crippen LogP contribution in [-0.2, 0) is 0 Å². The molecule has 0 aliphatic rings. The first-order valence-corrected chi connectivity index (χ1v) is 2.69. The smallest absolute Gasteiger partial charge is 0.0136 e. The Hall–Kier alpha value is -0.300. The van der Waals surface area contributed by atoms with E-state index in [-0.39, 0.29) is 0 Å². The van der Waals surface area contributed by atoms with Crippen LogP contribution in [0.3, 0.4) is 0 Å². The van der Waals surface area contributed by atoms with Gasteiger partial charge in [0.2, 0.25) is 0 Å². The molecule has 0 rings (SSSR count). The summed E-state index contributed by atoms with van der Waals surface area (Å²) in [6.45, 7) is 4.85. The maximum absolute atomic E-state index is 5.33. The van der Waals surface area contributed by atoms with Gasteiger partial charge in [-0.05, 0) is 13.3 Å². The molecule has 0 radical (unpaired) electrons. The summed E-state index contributed by atoms with van der Waals surface area (Å²) in [7, 11) is 0. The van der Waals surface area contributed by atoms with Crippen LogP contribution in [0, 0.1) is 0 Å². The molecule has 7 heavy (non-hydrogen) atoms. The molecule has 42 valence electrons. The molecule has 0 unspecified atom stereocenters. The summed E-state index contributed by atoms with van der Waals surface area (Å²) in [6, 6.07) is 0. The van der Waals surface area contributed by atoms with Crippen molar-refractivity contribution >= 4 is 0 Å². The van der Waals surface area contributed by atoms with Crippen LogP contribution in [0.25, 0.3) is 0 Å². The van der Waals surface area contributed by atoms with Crippen LogP contribution < -0.4 is 5.73 Å². The Morgan fingerprint density at radius 1 is 1.71 bits per heavy atom. The standard InChI is InChI=1S/C6H13N/c1-3-6(4-2)5-7/h3H,4-5,7H2,1-2H3/b6-3+. The molecule has 0 aromatic heterocycles. The van der Waals surface area contributed by atoms with Gasteiger partial charge in [0.25, 0.3) is 0 Å². The Balaban J connectivity index is 3.38. The van der Waals surface area contributed by atoms with Gasteiger partial charge in [-0.15, -0.1) is 0 Å². The Bertz CT molecular complexity index is 58.6. The van der Waals surface area contributed by atoms with E-state index in [4.69, 9.17) is 5.73 Å². The monoisotopic (exact) mass is 99.1 g/mol. The fraction of sp³-hybridized carbons (Fsp3) is 0.667. The van der Waals surface area contributed by atoms with Crippen LogP contribution in [-0.4, -0.2) is 6.54 Å². The molecule has 0 aliphatic heterocycles. The van der Waals surface area contributed by atoms with Crippen molar-refractivity contribution < 1.29 is 0 Å². The van der Waals surface area contributed by atoms with Crippen molar-refractivity contribution in [2.45, 2.75) is 20.3 Å². The summed E-state index contributed by atoms with van der Waals surface area (Å²) in [5.41, 5.74) is 6.66. The lowest BCUT2D eigenvalue weighted by atomic mass is 10.2. The second-order valence-corrected chi connectivity index (χ2v) is 1.50. The van der Waals surface area contributed by atoms with Gasteiger partial charge in [-0.3, -0.25) is 0 Å². The number of nitrogens with two attached hydrogens (primary N) is 1. The van der Waals surface area contributed by atoms with Crippen molar-refractivity contribution in [3.05, 3.63) is 11.6 Å². The highest BCUT2D eigenvalue weighted by Crippen LogP contribution is 1.94. The van der Waals surface area contributed by atoms with E-state index in [0.717, 1.165) is 6.42 Å². The van der Waals surface area contributed by atoms with E-state index in [9.17, 15) is 0 Å². The molecule has 0 bridgehead atoms. The zero-order valence-corrected chi connectivity index (χ0v) is 5.07. The van der Waals surface area contributed by atoms with Crippen LogP contribution in [0.1, 0.15) is 20.3 Å². The summed E-state index contributed by atoms with van der Waals surface area (Å²) < 4.78 is 0. The third-order valence-corrected chi connectivity index (χ3v) is 1.12. The van der Waals surface area contributed by atoms with Crippen molar-refractivity contribution in [2.24, 2.45) is 5.73 Å². The second-order valence-electron chi connectivity index (χ2n) is 1.50. The zero-order chi connectivity index (χ0) is 5.70. The molecule has 0 saturated carbocycles. The topological polar surface area (TPSA) is 26.0 Å². The first-order chi connectivity index (χ1) is 3.35. The predicted molar refractivity (Wildman–Crippen MR) is 33.1 cm³/mol. The molecule has 0 amide bonds. The van der Waals surface area contributed by atoms with E-state index in [0.29, 0.717) is 6.54 Å². The lowest BCUT2D eigenvalue weighted by Gasteiger charge is -1.93. The molecule has 1 heteroatoms. The molecule has 1 nitrogen and oxygen atoms in total. The summed E-state index contributed by atoms with van der Waals surface area (Å²) in [4.78, 5) is 0. The van der Waals surface area contributed by atoms with E-state index in [2.05, 4.69) is 13.0 Å². The summed E-state index contributed by atoms with van der Waals surface area (Å²) >= 11 is 0. The lowest BCUT2D eigenvalue weighted by molar-refractivity contribution is 1.00. The van der Waals surface area contributed by atoms with Crippen LogP contribution in [0.5, 0.6) is 0 Å². The Kier molecular flexibility index (Phi) is 3.71. The maximum Gasteiger partial charge on any atom is 0.0136 e. The SMILES string of the molecule is C/C=C(\CC)CN. The molecule has 0 atom stereocenters. The van der Waals surface area contributed by atoms with E-state index in [1.807, 2.05) is 6.92 Å². The molecular weight excluding hydrogens is 86.1 g/mol.